The first-order chi connectivity index (χ1) is 16.8. The minimum Gasteiger partial charge on any atom is -0.391 e. The molecule has 0 heterocycles. The molecule has 2 unspecified atom stereocenters. The monoisotopic (exact) mass is 519 g/mol. The fourth-order valence-electron chi connectivity index (χ4n) is 4.57. The third-order valence-electron chi connectivity index (χ3n) is 6.81. The Morgan fingerprint density at radius 1 is 0.657 bits per heavy atom. The lowest BCUT2D eigenvalue weighted by molar-refractivity contribution is -0.122. The first-order valence-corrected chi connectivity index (χ1v) is 16.3. The minimum absolute atomic E-state index is 0.252. The average Bonchev–Trinajstić information content (AvgIpc) is 2.80. The summed E-state index contributed by atoms with van der Waals surface area (Å²) in [4.78, 5) is 12.3. The lowest BCUT2D eigenvalue weighted by atomic mass is 10.0. The van der Waals surface area contributed by atoms with E-state index in [1.165, 1.54) is 89.9 Å². The third-order valence-corrected chi connectivity index (χ3v) is 7.59. The van der Waals surface area contributed by atoms with Crippen LogP contribution in [-0.4, -0.2) is 41.9 Å². The Morgan fingerprint density at radius 3 is 1.43 bits per heavy atom. The minimum atomic E-state index is -4.28. The van der Waals surface area contributed by atoms with E-state index >= 15 is 0 Å². The predicted octanol–water partition coefficient (Wildman–Crippen LogP) is 7.34. The van der Waals surface area contributed by atoms with Crippen molar-refractivity contribution >= 4 is 16.0 Å². The Hall–Kier alpha value is -0.660. The average molecular weight is 520 g/mol. The molecule has 0 aromatic rings. The lowest BCUT2D eigenvalue weighted by Gasteiger charge is -2.23. The first kappa shape index (κ1) is 34.3. The van der Waals surface area contributed by atoms with Gasteiger partial charge in [0.2, 0.25) is 5.91 Å². The molecule has 35 heavy (non-hydrogen) atoms. The van der Waals surface area contributed by atoms with Gasteiger partial charge in [-0.3, -0.25) is 9.35 Å². The highest BCUT2D eigenvalue weighted by molar-refractivity contribution is 7.85. The zero-order valence-corrected chi connectivity index (χ0v) is 23.8. The van der Waals surface area contributed by atoms with E-state index in [0.29, 0.717) is 12.8 Å². The van der Waals surface area contributed by atoms with Crippen LogP contribution in [0.1, 0.15) is 155 Å². The maximum Gasteiger partial charge on any atom is 0.266 e. The van der Waals surface area contributed by atoms with E-state index in [0.717, 1.165) is 38.5 Å². The van der Waals surface area contributed by atoms with Crippen molar-refractivity contribution in [3.63, 3.8) is 0 Å². The largest absolute Gasteiger partial charge is 0.391 e. The van der Waals surface area contributed by atoms with Crippen molar-refractivity contribution in [1.82, 2.24) is 5.32 Å². The van der Waals surface area contributed by atoms with Crippen LogP contribution in [0.2, 0.25) is 0 Å². The summed E-state index contributed by atoms with van der Waals surface area (Å²) < 4.78 is 32.1. The van der Waals surface area contributed by atoms with E-state index in [-0.39, 0.29) is 5.91 Å². The van der Waals surface area contributed by atoms with Gasteiger partial charge in [0.25, 0.3) is 10.1 Å². The molecule has 2 atom stereocenters. The van der Waals surface area contributed by atoms with E-state index in [2.05, 4.69) is 19.2 Å². The van der Waals surface area contributed by atoms with Gasteiger partial charge in [-0.1, -0.05) is 136 Å². The highest BCUT2D eigenvalue weighted by Crippen LogP contribution is 2.15. The number of rotatable bonds is 26. The Balaban J connectivity index is 4.02. The van der Waals surface area contributed by atoms with Gasteiger partial charge < -0.3 is 10.4 Å². The first-order valence-electron chi connectivity index (χ1n) is 14.7. The van der Waals surface area contributed by atoms with Crippen LogP contribution < -0.4 is 5.32 Å². The molecule has 1 amide bonds. The van der Waals surface area contributed by atoms with Crippen molar-refractivity contribution in [2.24, 2.45) is 0 Å². The number of nitrogens with one attached hydrogen (secondary N) is 1. The molecule has 3 N–H and O–H groups in total. The fraction of sp³-hybridized carbons (Fsp3) is 0.964. The van der Waals surface area contributed by atoms with Gasteiger partial charge in [-0.15, -0.1) is 0 Å². The van der Waals surface area contributed by atoms with Gasteiger partial charge in [0.1, 0.15) is 0 Å². The summed E-state index contributed by atoms with van der Waals surface area (Å²) in [5.41, 5.74) is 0. The number of hydrogen-bond acceptors (Lipinski definition) is 4. The predicted molar refractivity (Wildman–Crippen MR) is 147 cm³/mol. The van der Waals surface area contributed by atoms with Crippen LogP contribution in [0, 0.1) is 0 Å². The van der Waals surface area contributed by atoms with Gasteiger partial charge in [-0.25, -0.2) is 0 Å². The molecular weight excluding hydrogens is 462 g/mol. The van der Waals surface area contributed by atoms with Crippen LogP contribution >= 0.6 is 0 Å². The van der Waals surface area contributed by atoms with E-state index in [9.17, 15) is 22.9 Å². The molecule has 0 bridgehead atoms. The molecular formula is C28H57NO5S. The van der Waals surface area contributed by atoms with Crippen molar-refractivity contribution in [3.05, 3.63) is 0 Å². The fourth-order valence-corrected chi connectivity index (χ4v) is 5.33. The van der Waals surface area contributed by atoms with Crippen molar-refractivity contribution in [1.29, 1.82) is 0 Å². The molecule has 0 saturated carbocycles. The number of aliphatic hydroxyl groups is 1. The molecule has 0 spiro atoms. The Morgan fingerprint density at radius 2 is 1.03 bits per heavy atom. The molecule has 0 aromatic carbocycles. The van der Waals surface area contributed by atoms with E-state index in [1.807, 2.05) is 0 Å². The molecule has 0 aromatic heterocycles. The van der Waals surface area contributed by atoms with Crippen molar-refractivity contribution in [3.8, 4) is 0 Å². The molecule has 6 nitrogen and oxygen atoms in total. The van der Waals surface area contributed by atoms with Crippen LogP contribution in [0.3, 0.4) is 0 Å². The molecule has 0 aliphatic carbocycles. The smallest absolute Gasteiger partial charge is 0.266 e. The highest BCUT2D eigenvalue weighted by atomic mass is 32.2. The normalized spacial score (nSPS) is 13.6. The zero-order chi connectivity index (χ0) is 26.2. The number of amides is 1. The Bertz CT molecular complexity index is 582. The quantitative estimate of drug-likeness (QED) is 0.0819. The van der Waals surface area contributed by atoms with Crippen LogP contribution in [0.25, 0.3) is 0 Å². The van der Waals surface area contributed by atoms with Crippen molar-refractivity contribution < 1.29 is 22.9 Å². The summed E-state index contributed by atoms with van der Waals surface area (Å²) >= 11 is 0. The summed E-state index contributed by atoms with van der Waals surface area (Å²) in [6, 6.07) is -0.959. The maximum absolute atomic E-state index is 12.3. The molecule has 0 aliphatic heterocycles. The molecule has 0 aliphatic rings. The van der Waals surface area contributed by atoms with E-state index < -0.39 is 28.0 Å². The lowest BCUT2D eigenvalue weighted by Crippen LogP contribution is -2.47. The number of carbonyl (C=O) groups is 1. The molecule has 0 radical (unpaired) electrons. The van der Waals surface area contributed by atoms with Gasteiger partial charge in [-0.05, 0) is 12.8 Å². The second-order valence-corrected chi connectivity index (χ2v) is 11.9. The Labute approximate surface area is 217 Å². The second kappa shape index (κ2) is 23.7. The van der Waals surface area contributed by atoms with Crippen LogP contribution in [0.5, 0.6) is 0 Å². The van der Waals surface area contributed by atoms with Gasteiger partial charge in [0, 0.05) is 6.42 Å². The molecule has 210 valence electrons. The van der Waals surface area contributed by atoms with E-state index in [1.54, 1.807) is 0 Å². The van der Waals surface area contributed by atoms with E-state index in [4.69, 9.17) is 0 Å². The number of hydrogen-bond donors (Lipinski definition) is 3. The van der Waals surface area contributed by atoms with Gasteiger partial charge in [-0.2, -0.15) is 8.42 Å². The number of unbranched alkanes of at least 4 members (excludes halogenated alkanes) is 18. The molecule has 0 rings (SSSR count). The summed E-state index contributed by atoms with van der Waals surface area (Å²) in [7, 11) is -4.28. The van der Waals surface area contributed by atoms with Crippen LogP contribution in [-0.2, 0) is 14.9 Å². The highest BCUT2D eigenvalue weighted by Gasteiger charge is 2.26. The second-order valence-electron chi connectivity index (χ2n) is 10.4. The van der Waals surface area contributed by atoms with Gasteiger partial charge in [0.15, 0.2) is 0 Å². The molecule has 0 fully saturated rings. The van der Waals surface area contributed by atoms with Gasteiger partial charge >= 0.3 is 0 Å². The SMILES string of the molecule is CCCCCCCCCCCCCCC(O)C(CS(=O)(=O)O)NC(=O)CCCCCCCCCC. The van der Waals surface area contributed by atoms with Gasteiger partial charge in [0.05, 0.1) is 17.9 Å². The molecule has 0 saturated heterocycles. The van der Waals surface area contributed by atoms with Crippen LogP contribution in [0.15, 0.2) is 0 Å². The van der Waals surface area contributed by atoms with Crippen LogP contribution in [0.4, 0.5) is 0 Å². The van der Waals surface area contributed by atoms with Crippen molar-refractivity contribution in [2.75, 3.05) is 5.75 Å². The summed E-state index contributed by atoms with van der Waals surface area (Å²) in [5.74, 6) is -0.895. The standard InChI is InChI=1S/C28H57NO5S/c1-3-5-7-9-11-13-14-15-16-17-19-21-23-27(30)26(25-35(32,33)34)29-28(31)24-22-20-18-12-10-8-6-4-2/h26-27,30H,3-25H2,1-2H3,(H,29,31)(H,32,33,34). The third kappa shape index (κ3) is 24.8. The summed E-state index contributed by atoms with van der Waals surface area (Å²) in [6.07, 6.45) is 23.4. The zero-order valence-electron chi connectivity index (χ0n) is 22.9. The topological polar surface area (TPSA) is 104 Å². The Kier molecular flexibility index (Phi) is 23.3. The molecule has 7 heteroatoms. The summed E-state index contributed by atoms with van der Waals surface area (Å²) in [5, 5.41) is 13.2. The number of aliphatic hydroxyl groups excluding tert-OH is 1. The van der Waals surface area contributed by atoms with Crippen molar-refractivity contribution in [2.45, 2.75) is 167 Å². The summed E-state index contributed by atoms with van der Waals surface area (Å²) in [6.45, 7) is 4.44. The maximum atomic E-state index is 12.3. The number of carbonyl (C=O) groups excluding carboxylic acids is 1.